The number of hydrogen-bond acceptors (Lipinski definition) is 4. The lowest BCUT2D eigenvalue weighted by molar-refractivity contribution is -0.596. The predicted octanol–water partition coefficient (Wildman–Crippen LogP) is 8.88. The van der Waals surface area contributed by atoms with E-state index in [4.69, 9.17) is 9.47 Å². The SMILES string of the molecule is COc1ccc(CSCCc2ccc(-[n+]3ccc(-c4cc[n+](-c5ccc(CCSCc6ccc(OC)cc6)cc5)cc4)cc3)cc2)cc1. The first-order valence-corrected chi connectivity index (χ1v) is 18.6. The lowest BCUT2D eigenvalue weighted by atomic mass is 10.1. The Bertz CT molecular complexity index is 1700. The van der Waals surface area contributed by atoms with Gasteiger partial charge in [0.25, 0.3) is 0 Å². The minimum atomic E-state index is 0.908. The molecule has 6 aromatic rings. The van der Waals surface area contributed by atoms with E-state index in [1.165, 1.54) is 44.8 Å². The molecule has 6 heteroatoms. The maximum Gasteiger partial charge on any atom is 0.210 e. The normalized spacial score (nSPS) is 11.0. The van der Waals surface area contributed by atoms with Crippen LogP contribution < -0.4 is 18.6 Å². The zero-order chi connectivity index (χ0) is 33.0. The number of methoxy groups -OCH3 is 2. The van der Waals surface area contributed by atoms with Gasteiger partial charge in [-0.1, -0.05) is 48.5 Å². The smallest absolute Gasteiger partial charge is 0.210 e. The molecule has 0 radical (unpaired) electrons. The predicted molar refractivity (Wildman–Crippen MR) is 201 cm³/mol. The lowest BCUT2D eigenvalue weighted by Crippen LogP contribution is -2.29. The Morgan fingerprint density at radius 1 is 0.417 bits per heavy atom. The Balaban J connectivity index is 0.956. The number of benzene rings is 4. The Labute approximate surface area is 293 Å². The average molecular weight is 671 g/mol. The van der Waals surface area contributed by atoms with Crippen molar-refractivity contribution in [1.29, 1.82) is 0 Å². The van der Waals surface area contributed by atoms with Gasteiger partial charge < -0.3 is 9.47 Å². The molecule has 0 spiro atoms. The summed E-state index contributed by atoms with van der Waals surface area (Å²) >= 11 is 3.93. The van der Waals surface area contributed by atoms with Crippen LogP contribution >= 0.6 is 23.5 Å². The maximum atomic E-state index is 5.25. The molecule has 4 aromatic carbocycles. The molecule has 0 amide bonds. The van der Waals surface area contributed by atoms with Gasteiger partial charge in [-0.15, -0.1) is 0 Å². The van der Waals surface area contributed by atoms with Crippen LogP contribution in [0.3, 0.4) is 0 Å². The fourth-order valence-corrected chi connectivity index (χ4v) is 7.36. The van der Waals surface area contributed by atoms with Crippen LogP contribution in [0.2, 0.25) is 0 Å². The van der Waals surface area contributed by atoms with Gasteiger partial charge in [0, 0.05) is 60.0 Å². The highest BCUT2D eigenvalue weighted by Crippen LogP contribution is 2.20. The van der Waals surface area contributed by atoms with E-state index in [1.54, 1.807) is 14.2 Å². The van der Waals surface area contributed by atoms with Crippen molar-refractivity contribution in [2.75, 3.05) is 25.7 Å². The van der Waals surface area contributed by atoms with Crippen molar-refractivity contribution in [3.8, 4) is 34.0 Å². The summed E-state index contributed by atoms with van der Waals surface area (Å²) in [6, 6.07) is 43.3. The zero-order valence-electron chi connectivity index (χ0n) is 27.6. The molecule has 0 aliphatic heterocycles. The van der Waals surface area contributed by atoms with Crippen LogP contribution in [-0.4, -0.2) is 25.7 Å². The number of nitrogens with zero attached hydrogens (tertiary/aromatic N) is 2. The van der Waals surface area contributed by atoms with Gasteiger partial charge in [0.15, 0.2) is 24.8 Å². The van der Waals surface area contributed by atoms with E-state index in [2.05, 4.69) is 131 Å². The van der Waals surface area contributed by atoms with E-state index in [-0.39, 0.29) is 0 Å². The zero-order valence-corrected chi connectivity index (χ0v) is 29.3. The molecule has 2 aromatic heterocycles. The molecule has 48 heavy (non-hydrogen) atoms. The molecule has 0 bridgehead atoms. The second kappa shape index (κ2) is 17.0. The number of aromatic nitrogens is 2. The van der Waals surface area contributed by atoms with Crippen molar-refractivity contribution >= 4 is 23.5 Å². The largest absolute Gasteiger partial charge is 0.497 e. The molecule has 6 rings (SSSR count). The molecule has 0 unspecified atom stereocenters. The van der Waals surface area contributed by atoms with Crippen LogP contribution in [0.4, 0.5) is 0 Å². The molecule has 0 saturated carbocycles. The lowest BCUT2D eigenvalue weighted by Gasteiger charge is -2.05. The van der Waals surface area contributed by atoms with E-state index in [0.717, 1.165) is 47.4 Å². The first-order valence-electron chi connectivity index (χ1n) is 16.3. The highest BCUT2D eigenvalue weighted by Gasteiger charge is 2.10. The van der Waals surface area contributed by atoms with Crippen LogP contribution in [0.5, 0.6) is 11.5 Å². The van der Waals surface area contributed by atoms with Crippen molar-refractivity contribution in [1.82, 2.24) is 0 Å². The number of pyridine rings is 2. The van der Waals surface area contributed by atoms with Gasteiger partial charge in [0.05, 0.1) is 14.2 Å². The monoisotopic (exact) mass is 670 g/mol. The van der Waals surface area contributed by atoms with E-state index >= 15 is 0 Å². The van der Waals surface area contributed by atoms with Crippen molar-refractivity contribution < 1.29 is 18.6 Å². The summed E-state index contributed by atoms with van der Waals surface area (Å²) in [7, 11) is 3.41. The van der Waals surface area contributed by atoms with Crippen molar-refractivity contribution in [2.45, 2.75) is 24.3 Å². The molecule has 2 heterocycles. The Morgan fingerprint density at radius 2 is 0.750 bits per heavy atom. The van der Waals surface area contributed by atoms with E-state index in [9.17, 15) is 0 Å². The summed E-state index contributed by atoms with van der Waals surface area (Å²) < 4.78 is 14.9. The number of hydrogen-bond donors (Lipinski definition) is 0. The van der Waals surface area contributed by atoms with E-state index in [1.807, 2.05) is 47.8 Å². The fraction of sp³-hybridized carbons (Fsp3) is 0.190. The second-order valence-electron chi connectivity index (χ2n) is 11.6. The first kappa shape index (κ1) is 33.4. The molecule has 0 atom stereocenters. The van der Waals surface area contributed by atoms with Crippen LogP contribution in [0, 0.1) is 0 Å². The van der Waals surface area contributed by atoms with Crippen LogP contribution in [-0.2, 0) is 24.3 Å². The minimum absolute atomic E-state index is 0.908. The molecule has 242 valence electrons. The Hall–Kier alpha value is -4.52. The van der Waals surface area contributed by atoms with Gasteiger partial charge in [-0.3, -0.25) is 0 Å². The van der Waals surface area contributed by atoms with Crippen LogP contribution in [0.1, 0.15) is 22.3 Å². The summed E-state index contributed by atoms with van der Waals surface area (Å²) in [4.78, 5) is 0. The molecule has 0 aliphatic rings. The molecule has 0 saturated heterocycles. The summed E-state index contributed by atoms with van der Waals surface area (Å²) in [5.41, 5.74) is 10.1. The van der Waals surface area contributed by atoms with Gasteiger partial charge in [-0.25, -0.2) is 0 Å². The Morgan fingerprint density at radius 3 is 1.08 bits per heavy atom. The number of rotatable bonds is 15. The van der Waals surface area contributed by atoms with E-state index in [0.29, 0.717) is 0 Å². The van der Waals surface area contributed by atoms with Gasteiger partial charge in [-0.05, 0) is 82.0 Å². The van der Waals surface area contributed by atoms with Gasteiger partial charge in [-0.2, -0.15) is 32.7 Å². The van der Waals surface area contributed by atoms with Crippen molar-refractivity contribution in [2.24, 2.45) is 0 Å². The van der Waals surface area contributed by atoms with Gasteiger partial charge in [0.2, 0.25) is 11.4 Å². The number of ether oxygens (including phenoxy) is 2. The molecule has 0 N–H and O–H groups in total. The standard InChI is InChI=1S/C42H42N2O2S2/c1-45-41-15-7-35(8-16-41)31-47-29-23-33-3-11-39(12-4-33)43-25-19-37(20-26-43)38-21-27-44(28-22-38)40-13-5-34(6-14-40)24-30-48-32-36-9-17-42(46-2)18-10-36/h3-22,25-28H,23-24,29-32H2,1-2H3/q+2. The highest BCUT2D eigenvalue weighted by molar-refractivity contribution is 7.98. The second-order valence-corrected chi connectivity index (χ2v) is 13.8. The quantitative estimate of drug-likeness (QED) is 0.0806. The summed E-state index contributed by atoms with van der Waals surface area (Å²) in [6.07, 6.45) is 10.7. The van der Waals surface area contributed by atoms with Crippen LogP contribution in [0.15, 0.2) is 146 Å². The molecular formula is C42H42N2O2S2+2. The average Bonchev–Trinajstić information content (AvgIpc) is 3.16. The fourth-order valence-electron chi connectivity index (χ4n) is 5.46. The van der Waals surface area contributed by atoms with Crippen LogP contribution in [0.25, 0.3) is 22.5 Å². The summed E-state index contributed by atoms with van der Waals surface area (Å²) in [6.45, 7) is 0. The highest BCUT2D eigenvalue weighted by atomic mass is 32.2. The number of thioether (sulfide) groups is 2. The topological polar surface area (TPSA) is 26.2 Å². The molecule has 0 aliphatic carbocycles. The third kappa shape index (κ3) is 9.30. The molecular weight excluding hydrogens is 629 g/mol. The third-order valence-electron chi connectivity index (χ3n) is 8.39. The minimum Gasteiger partial charge on any atom is -0.497 e. The Kier molecular flexibility index (Phi) is 11.9. The summed E-state index contributed by atoms with van der Waals surface area (Å²) in [5.74, 6) is 6.05. The van der Waals surface area contributed by atoms with Gasteiger partial charge in [0.1, 0.15) is 11.5 Å². The third-order valence-corrected chi connectivity index (χ3v) is 10.4. The molecule has 0 fully saturated rings. The summed E-state index contributed by atoms with van der Waals surface area (Å²) in [5, 5.41) is 0. The molecule has 4 nitrogen and oxygen atoms in total. The first-order chi connectivity index (χ1) is 23.7. The van der Waals surface area contributed by atoms with E-state index < -0.39 is 0 Å². The maximum absolute atomic E-state index is 5.25. The van der Waals surface area contributed by atoms with Crippen molar-refractivity contribution in [3.63, 3.8) is 0 Å². The number of aryl methyl sites for hydroxylation is 2. The van der Waals surface area contributed by atoms with Crippen molar-refractivity contribution in [3.05, 3.63) is 168 Å². The van der Waals surface area contributed by atoms with Gasteiger partial charge >= 0.3 is 0 Å².